The number of hydrogen-bond donors (Lipinski definition) is 1. The number of likely N-dealkylation sites (N-methyl/N-ethyl adjacent to an activating group) is 1. The summed E-state index contributed by atoms with van der Waals surface area (Å²) >= 11 is 0. The molecular weight excluding hydrogens is 474 g/mol. The molecular formula is C23H26F2N8O3. The van der Waals surface area contributed by atoms with Crippen molar-refractivity contribution in [2.24, 2.45) is 0 Å². The third-order valence-corrected chi connectivity index (χ3v) is 6.12. The first-order valence-electron chi connectivity index (χ1n) is 11.6. The first kappa shape index (κ1) is 23.9. The van der Waals surface area contributed by atoms with Gasteiger partial charge in [-0.15, -0.1) is 0 Å². The average Bonchev–Trinajstić information content (AvgIpc) is 3.25. The molecule has 0 spiro atoms. The highest BCUT2D eigenvalue weighted by Gasteiger charge is 2.35. The molecule has 3 aromatic rings. The van der Waals surface area contributed by atoms with Gasteiger partial charge in [-0.1, -0.05) is 12.1 Å². The van der Waals surface area contributed by atoms with Crippen LogP contribution in [0, 0.1) is 0 Å². The Morgan fingerprint density at radius 1 is 1.11 bits per heavy atom. The van der Waals surface area contributed by atoms with Crippen LogP contribution in [0.15, 0.2) is 30.3 Å². The van der Waals surface area contributed by atoms with E-state index in [4.69, 9.17) is 4.74 Å². The standard InChI is InChI=1S/C23H26F2N8O3/c1-30(2)21(34)22(35)32-12-14(13-32)26-17-11-18(29-23(28-17)31-7-9-36-10-8-31)33-16-6-4-3-5-15(16)27-20(33)19(24)25/h3-6,11,14,19H,7-10,12-13H2,1-2H3,(H,26,28,29). The van der Waals surface area contributed by atoms with Gasteiger partial charge in [-0.05, 0) is 12.1 Å². The Labute approximate surface area is 205 Å². The predicted molar refractivity (Wildman–Crippen MR) is 127 cm³/mol. The number of nitrogens with one attached hydrogen (secondary N) is 1. The number of likely N-dealkylation sites (tertiary alicyclic amines) is 1. The van der Waals surface area contributed by atoms with Gasteiger partial charge in [-0.3, -0.25) is 14.2 Å². The highest BCUT2D eigenvalue weighted by atomic mass is 19.3. The Balaban J connectivity index is 1.47. The normalized spacial score (nSPS) is 16.4. The molecule has 2 fully saturated rings. The number of imidazole rings is 1. The fourth-order valence-electron chi connectivity index (χ4n) is 4.22. The van der Waals surface area contributed by atoms with Crippen molar-refractivity contribution in [3.8, 4) is 5.82 Å². The van der Waals surface area contributed by atoms with Gasteiger partial charge in [0.15, 0.2) is 5.82 Å². The summed E-state index contributed by atoms with van der Waals surface area (Å²) in [5.41, 5.74) is 0.945. The molecule has 4 heterocycles. The lowest BCUT2D eigenvalue weighted by Gasteiger charge is -2.39. The highest BCUT2D eigenvalue weighted by Crippen LogP contribution is 2.29. The topological polar surface area (TPSA) is 109 Å². The minimum Gasteiger partial charge on any atom is -0.378 e. The van der Waals surface area contributed by atoms with Crippen molar-refractivity contribution in [3.63, 3.8) is 0 Å². The molecule has 13 heteroatoms. The number of hydrogen-bond acceptors (Lipinski definition) is 8. The molecule has 2 amide bonds. The van der Waals surface area contributed by atoms with Gasteiger partial charge < -0.3 is 24.8 Å². The quantitative estimate of drug-likeness (QED) is 0.523. The number of carbonyl (C=O) groups is 2. The molecule has 1 aromatic carbocycles. The third-order valence-electron chi connectivity index (χ3n) is 6.12. The van der Waals surface area contributed by atoms with Crippen LogP contribution in [0.1, 0.15) is 12.2 Å². The summed E-state index contributed by atoms with van der Waals surface area (Å²) in [7, 11) is 3.05. The number of alkyl halides is 2. The first-order chi connectivity index (χ1) is 17.3. The van der Waals surface area contributed by atoms with Crippen molar-refractivity contribution in [2.75, 3.05) is 63.7 Å². The number of morpholine rings is 1. The summed E-state index contributed by atoms with van der Waals surface area (Å²) in [5.74, 6) is -0.493. The number of para-hydroxylation sites is 2. The Bertz CT molecular complexity index is 1290. The Hall–Kier alpha value is -3.87. The van der Waals surface area contributed by atoms with Crippen LogP contribution in [0.25, 0.3) is 16.9 Å². The van der Waals surface area contributed by atoms with E-state index in [1.54, 1.807) is 30.3 Å². The number of rotatable bonds is 5. The number of aromatic nitrogens is 4. The predicted octanol–water partition coefficient (Wildman–Crippen LogP) is 1.30. The van der Waals surface area contributed by atoms with E-state index < -0.39 is 24.1 Å². The van der Waals surface area contributed by atoms with Gasteiger partial charge >= 0.3 is 11.8 Å². The summed E-state index contributed by atoms with van der Waals surface area (Å²) in [5, 5.41) is 3.26. The van der Waals surface area contributed by atoms with Crippen LogP contribution >= 0.6 is 0 Å². The van der Waals surface area contributed by atoms with Crippen molar-refractivity contribution in [1.82, 2.24) is 29.3 Å². The zero-order valence-corrected chi connectivity index (χ0v) is 19.9. The Kier molecular flexibility index (Phi) is 6.39. The second-order valence-corrected chi connectivity index (χ2v) is 8.86. The van der Waals surface area contributed by atoms with Gasteiger partial charge in [0.1, 0.15) is 11.6 Å². The summed E-state index contributed by atoms with van der Waals surface area (Å²) in [6, 6.07) is 8.34. The molecule has 2 saturated heterocycles. The van der Waals surface area contributed by atoms with Crippen LogP contribution in [0.5, 0.6) is 0 Å². The second-order valence-electron chi connectivity index (χ2n) is 8.86. The molecule has 5 rings (SSSR count). The van der Waals surface area contributed by atoms with E-state index in [9.17, 15) is 18.4 Å². The largest absolute Gasteiger partial charge is 0.378 e. The number of nitrogens with zero attached hydrogens (tertiary/aromatic N) is 7. The molecule has 0 radical (unpaired) electrons. The zero-order valence-electron chi connectivity index (χ0n) is 19.9. The van der Waals surface area contributed by atoms with E-state index in [0.29, 0.717) is 62.2 Å². The van der Waals surface area contributed by atoms with Crippen LogP contribution in [0.2, 0.25) is 0 Å². The van der Waals surface area contributed by atoms with Crippen molar-refractivity contribution >= 4 is 34.6 Å². The molecule has 2 aliphatic rings. The summed E-state index contributed by atoms with van der Waals surface area (Å²) < 4.78 is 34.7. The smallest absolute Gasteiger partial charge is 0.312 e. The lowest BCUT2D eigenvalue weighted by molar-refractivity contribution is -0.152. The van der Waals surface area contributed by atoms with Crippen LogP contribution in [-0.4, -0.2) is 101 Å². The molecule has 0 aliphatic carbocycles. The van der Waals surface area contributed by atoms with Crippen molar-refractivity contribution in [3.05, 3.63) is 36.2 Å². The second kappa shape index (κ2) is 9.64. The number of anilines is 2. The van der Waals surface area contributed by atoms with Crippen molar-refractivity contribution in [2.45, 2.75) is 12.5 Å². The molecule has 0 saturated carbocycles. The van der Waals surface area contributed by atoms with Crippen LogP contribution in [0.4, 0.5) is 20.5 Å². The fourth-order valence-corrected chi connectivity index (χ4v) is 4.22. The maximum Gasteiger partial charge on any atom is 0.312 e. The molecule has 2 aromatic heterocycles. The molecule has 190 valence electrons. The van der Waals surface area contributed by atoms with Gasteiger partial charge in [-0.25, -0.2) is 13.8 Å². The number of fused-ring (bicyclic) bond motifs is 1. The number of carbonyl (C=O) groups excluding carboxylic acids is 2. The van der Waals surface area contributed by atoms with Gasteiger partial charge in [0.25, 0.3) is 6.43 Å². The maximum absolute atomic E-state index is 14.0. The molecule has 0 unspecified atom stereocenters. The van der Waals surface area contributed by atoms with E-state index in [0.717, 1.165) is 0 Å². The SMILES string of the molecule is CN(C)C(=O)C(=O)N1CC(Nc2cc(-n3c(C(F)F)nc4ccccc43)nc(N3CCOCC3)n2)C1. The fraction of sp³-hybridized carbons (Fsp3) is 0.435. The van der Waals surface area contributed by atoms with E-state index in [1.807, 2.05) is 4.90 Å². The lowest BCUT2D eigenvalue weighted by Crippen LogP contribution is -2.59. The highest BCUT2D eigenvalue weighted by molar-refractivity contribution is 6.35. The summed E-state index contributed by atoms with van der Waals surface area (Å²) in [6.45, 7) is 2.78. The van der Waals surface area contributed by atoms with Gasteiger partial charge in [-0.2, -0.15) is 9.97 Å². The van der Waals surface area contributed by atoms with Crippen molar-refractivity contribution in [1.29, 1.82) is 0 Å². The van der Waals surface area contributed by atoms with Crippen LogP contribution in [-0.2, 0) is 14.3 Å². The molecule has 11 nitrogen and oxygen atoms in total. The summed E-state index contributed by atoms with van der Waals surface area (Å²) in [6.07, 6.45) is -2.81. The Morgan fingerprint density at radius 3 is 2.53 bits per heavy atom. The van der Waals surface area contributed by atoms with Crippen molar-refractivity contribution < 1.29 is 23.1 Å². The minimum absolute atomic E-state index is 0.154. The maximum atomic E-state index is 14.0. The van der Waals surface area contributed by atoms with E-state index in [2.05, 4.69) is 20.3 Å². The monoisotopic (exact) mass is 500 g/mol. The number of amides is 2. The third kappa shape index (κ3) is 4.53. The minimum atomic E-state index is -2.81. The molecule has 36 heavy (non-hydrogen) atoms. The first-order valence-corrected chi connectivity index (χ1v) is 11.6. The van der Waals surface area contributed by atoms with E-state index >= 15 is 0 Å². The molecule has 2 aliphatic heterocycles. The van der Waals surface area contributed by atoms with Gasteiger partial charge in [0, 0.05) is 46.3 Å². The zero-order chi connectivity index (χ0) is 25.4. The molecule has 0 atom stereocenters. The number of halogens is 2. The summed E-state index contributed by atoms with van der Waals surface area (Å²) in [4.78, 5) is 42.2. The Morgan fingerprint density at radius 2 is 1.83 bits per heavy atom. The van der Waals surface area contributed by atoms with Crippen LogP contribution < -0.4 is 10.2 Å². The molecule has 1 N–H and O–H groups in total. The average molecular weight is 501 g/mol. The van der Waals surface area contributed by atoms with E-state index in [-0.39, 0.29) is 11.9 Å². The van der Waals surface area contributed by atoms with Crippen LogP contribution in [0.3, 0.4) is 0 Å². The number of ether oxygens (including phenoxy) is 1. The van der Waals surface area contributed by atoms with E-state index in [1.165, 1.54) is 28.5 Å². The van der Waals surface area contributed by atoms with Gasteiger partial charge in [0.05, 0.1) is 30.3 Å². The lowest BCUT2D eigenvalue weighted by atomic mass is 10.1. The molecule has 0 bridgehead atoms. The van der Waals surface area contributed by atoms with Gasteiger partial charge in [0.2, 0.25) is 5.95 Å². The number of benzene rings is 1.